The molecule has 0 aromatic heterocycles. The third-order valence-electron chi connectivity index (χ3n) is 3.71. The molecule has 0 aliphatic heterocycles. The highest BCUT2D eigenvalue weighted by Crippen LogP contribution is 2.29. The molecular weight excluding hydrogens is 294 g/mol. The summed E-state index contributed by atoms with van der Waals surface area (Å²) in [6.07, 6.45) is 3.43. The van der Waals surface area contributed by atoms with Crippen LogP contribution in [0.1, 0.15) is 36.0 Å². The van der Waals surface area contributed by atoms with Gasteiger partial charge in [0.2, 0.25) is 0 Å². The van der Waals surface area contributed by atoms with Crippen LogP contribution in [0.2, 0.25) is 0 Å². The van der Waals surface area contributed by atoms with Crippen LogP contribution in [0.25, 0.3) is 0 Å². The second-order valence-corrected chi connectivity index (χ2v) is 7.74. The summed E-state index contributed by atoms with van der Waals surface area (Å²) >= 11 is 0. The fourth-order valence-electron chi connectivity index (χ4n) is 2.60. The molecule has 1 fully saturated rings. The summed E-state index contributed by atoms with van der Waals surface area (Å²) in [5.74, 6) is -0.886. The van der Waals surface area contributed by atoms with E-state index in [1.165, 1.54) is 18.4 Å². The number of aromatic carboxylic acids is 1. The molecule has 7 heteroatoms. The molecule has 2 atom stereocenters. The fraction of sp³-hybridized carbons (Fsp3) is 0.500. The first kappa shape index (κ1) is 15.6. The maximum atomic E-state index is 11.6. The van der Waals surface area contributed by atoms with Crippen molar-refractivity contribution in [2.24, 2.45) is 0 Å². The first-order valence-electron chi connectivity index (χ1n) is 6.75. The minimum atomic E-state index is -3.10. The van der Waals surface area contributed by atoms with E-state index in [0.717, 1.165) is 12.8 Å². The average molecular weight is 313 g/mol. The van der Waals surface area contributed by atoms with E-state index in [1.807, 2.05) is 0 Å². The molecule has 2 rings (SSSR count). The Morgan fingerprint density at radius 1 is 1.38 bits per heavy atom. The fourth-order valence-corrected chi connectivity index (χ4v) is 3.75. The lowest BCUT2D eigenvalue weighted by Crippen LogP contribution is -2.33. The molecule has 116 valence electrons. The van der Waals surface area contributed by atoms with Crippen molar-refractivity contribution in [1.29, 1.82) is 0 Å². The summed E-state index contributed by atoms with van der Waals surface area (Å²) in [5, 5.41) is 8.75. The molecule has 1 aromatic carbocycles. The average Bonchev–Trinajstić information content (AvgIpc) is 2.40. The zero-order valence-corrected chi connectivity index (χ0v) is 12.6. The first-order valence-corrected chi connectivity index (χ1v) is 8.71. The number of ether oxygens (including phenoxy) is 1. The van der Waals surface area contributed by atoms with Gasteiger partial charge >= 0.3 is 5.97 Å². The number of benzene rings is 1. The van der Waals surface area contributed by atoms with Crippen molar-refractivity contribution in [2.45, 2.75) is 37.0 Å². The van der Waals surface area contributed by atoms with Crippen LogP contribution >= 0.6 is 0 Å². The van der Waals surface area contributed by atoms with Crippen LogP contribution in [-0.2, 0) is 9.84 Å². The van der Waals surface area contributed by atoms with Crippen LogP contribution in [-0.4, -0.2) is 37.1 Å². The van der Waals surface area contributed by atoms with Crippen molar-refractivity contribution >= 4 is 21.5 Å². The maximum absolute atomic E-state index is 11.6. The number of nitrogen functional groups attached to an aromatic ring is 1. The van der Waals surface area contributed by atoms with E-state index < -0.39 is 21.1 Å². The van der Waals surface area contributed by atoms with E-state index in [-0.39, 0.29) is 17.4 Å². The van der Waals surface area contributed by atoms with Gasteiger partial charge in [-0.2, -0.15) is 0 Å². The standard InChI is InChI=1S/C14H19NO5S/c1-21(18,19)11-4-2-3-10(8-11)20-13-6-5-9(15)7-12(13)14(16)17/h5-7,10-11H,2-4,8,15H2,1H3,(H,16,17). The lowest BCUT2D eigenvalue weighted by Gasteiger charge is -2.29. The summed E-state index contributed by atoms with van der Waals surface area (Å²) in [6.45, 7) is 0. The predicted molar refractivity (Wildman–Crippen MR) is 79.3 cm³/mol. The Bertz CT molecular complexity index is 641. The van der Waals surface area contributed by atoms with Gasteiger partial charge in [0.15, 0.2) is 0 Å². The summed E-state index contributed by atoms with van der Waals surface area (Å²) in [5.41, 5.74) is 5.92. The minimum Gasteiger partial charge on any atom is -0.489 e. The van der Waals surface area contributed by atoms with Gasteiger partial charge in [-0.05, 0) is 37.5 Å². The second kappa shape index (κ2) is 5.93. The van der Waals surface area contributed by atoms with Gasteiger partial charge in [0.25, 0.3) is 0 Å². The molecule has 1 saturated carbocycles. The Kier molecular flexibility index (Phi) is 4.41. The minimum absolute atomic E-state index is 0.00326. The quantitative estimate of drug-likeness (QED) is 0.819. The third kappa shape index (κ3) is 3.87. The topological polar surface area (TPSA) is 107 Å². The molecule has 0 saturated heterocycles. The lowest BCUT2D eigenvalue weighted by molar-refractivity contribution is 0.0686. The molecule has 1 aromatic rings. The molecule has 21 heavy (non-hydrogen) atoms. The Morgan fingerprint density at radius 2 is 2.10 bits per heavy atom. The predicted octanol–water partition coefficient (Wildman–Crippen LogP) is 1.70. The summed E-state index contributed by atoms with van der Waals surface area (Å²) in [6, 6.07) is 4.43. The van der Waals surface area contributed by atoms with Gasteiger partial charge in [-0.15, -0.1) is 0 Å². The molecule has 3 N–H and O–H groups in total. The van der Waals surface area contributed by atoms with Crippen LogP contribution in [0.3, 0.4) is 0 Å². The van der Waals surface area contributed by atoms with Gasteiger partial charge in [-0.1, -0.05) is 0 Å². The number of hydrogen-bond acceptors (Lipinski definition) is 5. The summed E-state index contributed by atoms with van der Waals surface area (Å²) in [7, 11) is -3.10. The van der Waals surface area contributed by atoms with Gasteiger partial charge < -0.3 is 15.6 Å². The van der Waals surface area contributed by atoms with Crippen molar-refractivity contribution in [3.8, 4) is 5.75 Å². The number of nitrogens with two attached hydrogens (primary N) is 1. The van der Waals surface area contributed by atoms with E-state index in [1.54, 1.807) is 6.07 Å². The van der Waals surface area contributed by atoms with Crippen LogP contribution in [0.4, 0.5) is 5.69 Å². The van der Waals surface area contributed by atoms with E-state index in [0.29, 0.717) is 18.5 Å². The van der Waals surface area contributed by atoms with E-state index in [2.05, 4.69) is 0 Å². The van der Waals surface area contributed by atoms with E-state index >= 15 is 0 Å². The highest BCUT2D eigenvalue weighted by atomic mass is 32.2. The summed E-state index contributed by atoms with van der Waals surface area (Å²) in [4.78, 5) is 11.2. The monoisotopic (exact) mass is 313 g/mol. The number of rotatable bonds is 4. The van der Waals surface area contributed by atoms with E-state index in [9.17, 15) is 13.2 Å². The maximum Gasteiger partial charge on any atom is 0.339 e. The molecule has 0 spiro atoms. The number of carboxylic acid groups (broad SMARTS) is 1. The number of hydrogen-bond donors (Lipinski definition) is 2. The van der Waals surface area contributed by atoms with Crippen molar-refractivity contribution in [3.05, 3.63) is 23.8 Å². The zero-order valence-electron chi connectivity index (χ0n) is 11.8. The van der Waals surface area contributed by atoms with Crippen LogP contribution in [0, 0.1) is 0 Å². The van der Waals surface area contributed by atoms with Crippen LogP contribution in [0.15, 0.2) is 18.2 Å². The molecule has 0 heterocycles. The third-order valence-corrected chi connectivity index (χ3v) is 5.35. The number of carbonyl (C=O) groups is 1. The van der Waals surface area contributed by atoms with Gasteiger partial charge in [-0.3, -0.25) is 0 Å². The second-order valence-electron chi connectivity index (χ2n) is 5.42. The Hall–Kier alpha value is -1.76. The molecular formula is C14H19NO5S. The van der Waals surface area contributed by atoms with E-state index in [4.69, 9.17) is 15.6 Å². The Labute approximate surface area is 123 Å². The number of anilines is 1. The van der Waals surface area contributed by atoms with Gasteiger partial charge in [0.1, 0.15) is 21.2 Å². The number of carboxylic acids is 1. The normalized spacial score (nSPS) is 22.7. The zero-order chi connectivity index (χ0) is 15.6. The largest absolute Gasteiger partial charge is 0.489 e. The van der Waals surface area contributed by atoms with Crippen LogP contribution in [0.5, 0.6) is 5.75 Å². The molecule has 0 bridgehead atoms. The van der Waals surface area contributed by atoms with Crippen molar-refractivity contribution in [2.75, 3.05) is 12.0 Å². The Morgan fingerprint density at radius 3 is 2.71 bits per heavy atom. The van der Waals surface area contributed by atoms with Crippen molar-refractivity contribution in [3.63, 3.8) is 0 Å². The molecule has 1 aliphatic carbocycles. The molecule has 6 nitrogen and oxygen atoms in total. The Balaban J connectivity index is 2.17. The van der Waals surface area contributed by atoms with Gasteiger partial charge in [0.05, 0.1) is 11.4 Å². The van der Waals surface area contributed by atoms with Gasteiger partial charge in [0, 0.05) is 18.4 Å². The van der Waals surface area contributed by atoms with Crippen molar-refractivity contribution < 1.29 is 23.1 Å². The molecule has 1 aliphatic rings. The molecule has 0 radical (unpaired) electrons. The molecule has 2 unspecified atom stereocenters. The summed E-state index contributed by atoms with van der Waals surface area (Å²) < 4.78 is 29.0. The first-order chi connectivity index (χ1) is 9.77. The van der Waals surface area contributed by atoms with Crippen molar-refractivity contribution in [1.82, 2.24) is 0 Å². The lowest BCUT2D eigenvalue weighted by atomic mass is 9.97. The highest BCUT2D eigenvalue weighted by Gasteiger charge is 2.30. The SMILES string of the molecule is CS(=O)(=O)C1CCCC(Oc2ccc(N)cc2C(=O)O)C1. The van der Waals surface area contributed by atoms with Crippen LogP contribution < -0.4 is 10.5 Å². The van der Waals surface area contributed by atoms with Gasteiger partial charge in [-0.25, -0.2) is 13.2 Å². The number of sulfone groups is 1. The molecule has 0 amide bonds. The smallest absolute Gasteiger partial charge is 0.339 e. The highest BCUT2D eigenvalue weighted by molar-refractivity contribution is 7.91.